The van der Waals surface area contributed by atoms with Crippen molar-refractivity contribution in [2.75, 3.05) is 11.9 Å². The summed E-state index contributed by atoms with van der Waals surface area (Å²) in [4.78, 5) is 15.9. The Hall–Kier alpha value is -1.63. The highest BCUT2D eigenvalue weighted by molar-refractivity contribution is 7.15. The fourth-order valence-corrected chi connectivity index (χ4v) is 1.90. The monoisotopic (exact) mass is 226 g/mol. The van der Waals surface area contributed by atoms with Crippen molar-refractivity contribution < 1.29 is 9.53 Å². The van der Waals surface area contributed by atoms with Crippen LogP contribution >= 0.6 is 11.3 Å². The fraction of sp³-hybridized carbons (Fsp3) is 0.375. The van der Waals surface area contributed by atoms with Crippen LogP contribution in [0.5, 0.6) is 0 Å². The average Bonchev–Trinajstić information content (AvgIpc) is 2.69. The molecule has 2 aromatic rings. The molecule has 0 bridgehead atoms. The number of rotatable bonds is 2. The lowest BCUT2D eigenvalue weighted by Gasteiger charge is -1.99. The Balaban J connectivity index is 2.18. The summed E-state index contributed by atoms with van der Waals surface area (Å²) >= 11 is 1.47. The highest BCUT2D eigenvalue weighted by Gasteiger charge is 2.10. The number of nitrogens with zero attached hydrogens (tertiary/aromatic N) is 3. The summed E-state index contributed by atoms with van der Waals surface area (Å²) in [5, 5.41) is 8.49. The third-order valence-corrected chi connectivity index (χ3v) is 2.67. The minimum Gasteiger partial charge on any atom is -0.450 e. The average molecular weight is 226 g/mol. The molecule has 0 aliphatic heterocycles. The molecule has 80 valence electrons. The van der Waals surface area contributed by atoms with Crippen LogP contribution in [0.15, 0.2) is 5.38 Å². The van der Waals surface area contributed by atoms with E-state index >= 15 is 0 Å². The minimum atomic E-state index is -0.534. The van der Waals surface area contributed by atoms with Crippen molar-refractivity contribution in [2.24, 2.45) is 0 Å². The number of hydrogen-bond donors (Lipinski definition) is 1. The van der Waals surface area contributed by atoms with E-state index in [0.717, 1.165) is 10.7 Å². The number of hydrogen-bond acceptors (Lipinski definition) is 5. The zero-order chi connectivity index (χ0) is 10.8. The molecule has 0 aliphatic rings. The Morgan fingerprint density at radius 2 is 2.53 bits per heavy atom. The first-order valence-electron chi connectivity index (χ1n) is 4.45. The first kappa shape index (κ1) is 9.91. The van der Waals surface area contributed by atoms with Crippen LogP contribution in [0.25, 0.3) is 4.96 Å². The van der Waals surface area contributed by atoms with Crippen molar-refractivity contribution in [3.8, 4) is 0 Å². The lowest BCUT2D eigenvalue weighted by atomic mass is 10.6. The number of nitrogens with one attached hydrogen (secondary N) is 1. The molecule has 6 nitrogen and oxygen atoms in total. The summed E-state index contributed by atoms with van der Waals surface area (Å²) in [6.45, 7) is 3.99. The molecule has 1 amide bonds. The van der Waals surface area contributed by atoms with Gasteiger partial charge in [0.25, 0.3) is 5.95 Å². The number of aromatic nitrogens is 3. The number of anilines is 1. The first-order chi connectivity index (χ1) is 7.20. The van der Waals surface area contributed by atoms with E-state index < -0.39 is 6.09 Å². The minimum absolute atomic E-state index is 0.267. The van der Waals surface area contributed by atoms with Gasteiger partial charge < -0.3 is 4.74 Å². The summed E-state index contributed by atoms with van der Waals surface area (Å²) in [5.41, 5.74) is 0.986. The van der Waals surface area contributed by atoms with Gasteiger partial charge in [0.15, 0.2) is 0 Å². The fourth-order valence-electron chi connectivity index (χ4n) is 1.10. The number of aryl methyl sites for hydroxylation is 1. The van der Waals surface area contributed by atoms with Gasteiger partial charge in [-0.15, -0.1) is 16.4 Å². The van der Waals surface area contributed by atoms with Crippen LogP contribution in [0.4, 0.5) is 10.7 Å². The van der Waals surface area contributed by atoms with Crippen LogP contribution in [0, 0.1) is 6.92 Å². The molecule has 0 atom stereocenters. The van der Waals surface area contributed by atoms with E-state index in [4.69, 9.17) is 4.74 Å². The van der Waals surface area contributed by atoms with Crippen molar-refractivity contribution in [2.45, 2.75) is 13.8 Å². The van der Waals surface area contributed by atoms with Gasteiger partial charge in [0, 0.05) is 5.38 Å². The number of carbonyl (C=O) groups is 1. The lowest BCUT2D eigenvalue weighted by molar-refractivity contribution is 0.167. The van der Waals surface area contributed by atoms with Crippen LogP contribution < -0.4 is 5.32 Å². The van der Waals surface area contributed by atoms with Gasteiger partial charge in [0.2, 0.25) is 4.96 Å². The predicted molar refractivity (Wildman–Crippen MR) is 56.2 cm³/mol. The van der Waals surface area contributed by atoms with Crippen molar-refractivity contribution >= 4 is 28.3 Å². The molecule has 0 aliphatic carbocycles. The third kappa shape index (κ3) is 1.91. The van der Waals surface area contributed by atoms with Gasteiger partial charge in [0.05, 0.1) is 12.3 Å². The SMILES string of the molecule is CCOC(=O)Nc1nc2scc(C)n2n1. The van der Waals surface area contributed by atoms with E-state index in [1.54, 1.807) is 11.4 Å². The summed E-state index contributed by atoms with van der Waals surface area (Å²) in [6.07, 6.45) is -0.534. The number of thiazole rings is 1. The summed E-state index contributed by atoms with van der Waals surface area (Å²) in [7, 11) is 0. The molecule has 0 spiro atoms. The Morgan fingerprint density at radius 3 is 3.20 bits per heavy atom. The second-order valence-electron chi connectivity index (χ2n) is 2.85. The van der Waals surface area contributed by atoms with Gasteiger partial charge in [-0.3, -0.25) is 5.32 Å². The van der Waals surface area contributed by atoms with Gasteiger partial charge in [-0.1, -0.05) is 0 Å². The molecule has 15 heavy (non-hydrogen) atoms. The normalized spacial score (nSPS) is 10.5. The molecule has 2 heterocycles. The topological polar surface area (TPSA) is 68.5 Å². The summed E-state index contributed by atoms with van der Waals surface area (Å²) in [5.74, 6) is 0.267. The van der Waals surface area contributed by atoms with Crippen molar-refractivity contribution in [3.05, 3.63) is 11.1 Å². The Morgan fingerprint density at radius 1 is 1.73 bits per heavy atom. The van der Waals surface area contributed by atoms with Crippen LogP contribution in [0.3, 0.4) is 0 Å². The Labute approximate surface area is 89.9 Å². The van der Waals surface area contributed by atoms with Crippen LogP contribution in [-0.4, -0.2) is 27.3 Å². The van der Waals surface area contributed by atoms with Gasteiger partial charge in [-0.05, 0) is 13.8 Å². The van der Waals surface area contributed by atoms with Crippen LogP contribution in [-0.2, 0) is 4.74 Å². The number of amides is 1. The van der Waals surface area contributed by atoms with Crippen molar-refractivity contribution in [1.82, 2.24) is 14.6 Å². The standard InChI is InChI=1S/C8H10N4O2S/c1-3-14-8(13)10-6-9-7-12(11-6)5(2)4-15-7/h4H,3H2,1-2H3,(H,10,11,13). The smallest absolute Gasteiger partial charge is 0.414 e. The lowest BCUT2D eigenvalue weighted by Crippen LogP contribution is -2.14. The zero-order valence-electron chi connectivity index (χ0n) is 8.35. The van der Waals surface area contributed by atoms with E-state index in [2.05, 4.69) is 15.4 Å². The molecule has 2 rings (SSSR count). The zero-order valence-corrected chi connectivity index (χ0v) is 9.17. The second-order valence-corrected chi connectivity index (χ2v) is 3.69. The molecule has 0 aromatic carbocycles. The number of fused-ring (bicyclic) bond motifs is 1. The highest BCUT2D eigenvalue weighted by Crippen LogP contribution is 2.15. The van der Waals surface area contributed by atoms with Gasteiger partial charge >= 0.3 is 6.09 Å². The molecule has 0 fully saturated rings. The highest BCUT2D eigenvalue weighted by atomic mass is 32.1. The van der Waals surface area contributed by atoms with Crippen molar-refractivity contribution in [1.29, 1.82) is 0 Å². The second kappa shape index (κ2) is 3.85. The van der Waals surface area contributed by atoms with Crippen LogP contribution in [0.2, 0.25) is 0 Å². The van der Waals surface area contributed by atoms with Crippen molar-refractivity contribution in [3.63, 3.8) is 0 Å². The summed E-state index contributed by atoms with van der Waals surface area (Å²) in [6, 6.07) is 0. The van der Waals surface area contributed by atoms with Gasteiger partial charge in [0.1, 0.15) is 0 Å². The predicted octanol–water partition coefficient (Wildman–Crippen LogP) is 1.67. The molecular formula is C8H10N4O2S. The van der Waals surface area contributed by atoms with E-state index in [1.165, 1.54) is 11.3 Å². The number of carbonyl (C=O) groups excluding carboxylic acids is 1. The number of ether oxygens (including phenoxy) is 1. The van der Waals surface area contributed by atoms with Crippen LogP contribution in [0.1, 0.15) is 12.6 Å². The van der Waals surface area contributed by atoms with Gasteiger partial charge in [-0.2, -0.15) is 4.98 Å². The molecule has 2 aromatic heterocycles. The van der Waals surface area contributed by atoms with E-state index in [-0.39, 0.29) is 5.95 Å². The molecule has 1 N–H and O–H groups in total. The molecule has 0 saturated heterocycles. The Bertz CT molecular complexity index is 490. The maximum atomic E-state index is 11.1. The van der Waals surface area contributed by atoms with E-state index in [0.29, 0.717) is 6.61 Å². The maximum Gasteiger partial charge on any atom is 0.414 e. The largest absolute Gasteiger partial charge is 0.450 e. The van der Waals surface area contributed by atoms with E-state index in [9.17, 15) is 4.79 Å². The third-order valence-electron chi connectivity index (χ3n) is 1.74. The van der Waals surface area contributed by atoms with E-state index in [1.807, 2.05) is 12.3 Å². The Kier molecular flexibility index (Phi) is 2.55. The first-order valence-corrected chi connectivity index (χ1v) is 5.33. The van der Waals surface area contributed by atoms with Gasteiger partial charge in [-0.25, -0.2) is 9.31 Å². The molecule has 7 heteroatoms. The molecule has 0 saturated carbocycles. The molecular weight excluding hydrogens is 216 g/mol. The maximum absolute atomic E-state index is 11.1. The molecule has 0 radical (unpaired) electrons. The molecule has 0 unspecified atom stereocenters. The summed E-state index contributed by atoms with van der Waals surface area (Å²) < 4.78 is 6.39. The quantitative estimate of drug-likeness (QED) is 0.845.